The molecule has 0 atom stereocenters. The van der Waals surface area contributed by atoms with Crippen LogP contribution in [0.15, 0.2) is 30.5 Å². The number of rotatable bonds is 4. The van der Waals surface area contributed by atoms with E-state index in [-0.39, 0.29) is 17.7 Å². The van der Waals surface area contributed by atoms with E-state index in [4.69, 9.17) is 5.26 Å². The molecule has 108 valence electrons. The fourth-order valence-corrected chi connectivity index (χ4v) is 1.78. The van der Waals surface area contributed by atoms with Crippen LogP contribution in [0.4, 0.5) is 20.3 Å². The molecule has 0 spiro atoms. The predicted molar refractivity (Wildman–Crippen MR) is 77.0 cm³/mol. The molecule has 1 N–H and O–H groups in total. The van der Waals surface area contributed by atoms with Crippen molar-refractivity contribution in [3.63, 3.8) is 0 Å². The van der Waals surface area contributed by atoms with Gasteiger partial charge in [0.15, 0.2) is 0 Å². The van der Waals surface area contributed by atoms with Gasteiger partial charge in [0.05, 0.1) is 23.5 Å². The zero-order chi connectivity index (χ0) is 15.4. The molecule has 0 aliphatic heterocycles. The van der Waals surface area contributed by atoms with Crippen LogP contribution in [-0.2, 0) is 6.54 Å². The minimum absolute atomic E-state index is 0.0215. The van der Waals surface area contributed by atoms with Crippen molar-refractivity contribution < 1.29 is 8.78 Å². The lowest BCUT2D eigenvalue weighted by atomic mass is 10.1. The van der Waals surface area contributed by atoms with E-state index < -0.39 is 11.6 Å². The van der Waals surface area contributed by atoms with Gasteiger partial charge in [-0.2, -0.15) is 5.26 Å². The molecule has 0 amide bonds. The topological polar surface area (TPSA) is 52.0 Å². The first-order valence-corrected chi connectivity index (χ1v) is 6.26. The van der Waals surface area contributed by atoms with Crippen molar-refractivity contribution in [3.05, 3.63) is 53.2 Å². The van der Waals surface area contributed by atoms with Crippen molar-refractivity contribution in [2.45, 2.75) is 6.54 Å². The third-order valence-corrected chi connectivity index (χ3v) is 2.95. The fourth-order valence-electron chi connectivity index (χ4n) is 1.78. The average molecular weight is 288 g/mol. The van der Waals surface area contributed by atoms with Gasteiger partial charge < -0.3 is 10.2 Å². The molecule has 0 aliphatic rings. The molecule has 0 bridgehead atoms. The molecule has 1 aromatic heterocycles. The van der Waals surface area contributed by atoms with Crippen LogP contribution in [-0.4, -0.2) is 19.1 Å². The Morgan fingerprint density at radius 3 is 2.38 bits per heavy atom. The van der Waals surface area contributed by atoms with Gasteiger partial charge in [-0.1, -0.05) is 0 Å². The van der Waals surface area contributed by atoms with E-state index in [1.165, 1.54) is 0 Å². The summed E-state index contributed by atoms with van der Waals surface area (Å²) in [5.74, 6) is -0.690. The monoisotopic (exact) mass is 288 g/mol. The van der Waals surface area contributed by atoms with Gasteiger partial charge in [0.1, 0.15) is 17.5 Å². The van der Waals surface area contributed by atoms with E-state index in [2.05, 4.69) is 10.3 Å². The zero-order valence-electron chi connectivity index (χ0n) is 11.7. The largest absolute Gasteiger partial charge is 0.379 e. The summed E-state index contributed by atoms with van der Waals surface area (Å²) in [7, 11) is 3.74. The summed E-state index contributed by atoms with van der Waals surface area (Å²) in [6, 6.07) is 7.33. The number of hydrogen-bond acceptors (Lipinski definition) is 4. The number of hydrogen-bond donors (Lipinski definition) is 1. The predicted octanol–water partition coefficient (Wildman–Crippen LogP) is 2.91. The molecule has 1 heterocycles. The number of halogens is 2. The molecule has 1 aromatic carbocycles. The van der Waals surface area contributed by atoms with E-state index in [9.17, 15) is 8.78 Å². The summed E-state index contributed by atoms with van der Waals surface area (Å²) in [6.07, 6.45) is 1.59. The summed E-state index contributed by atoms with van der Waals surface area (Å²) in [4.78, 5) is 6.05. The Balaban J connectivity index is 2.11. The first-order valence-electron chi connectivity index (χ1n) is 6.26. The van der Waals surface area contributed by atoms with E-state index in [1.807, 2.05) is 19.0 Å². The lowest BCUT2D eigenvalue weighted by molar-refractivity contribution is 0.559. The second kappa shape index (κ2) is 6.18. The second-order valence-electron chi connectivity index (χ2n) is 4.68. The minimum atomic E-state index is -0.739. The Morgan fingerprint density at radius 2 is 1.90 bits per heavy atom. The molecule has 2 aromatic rings. The summed E-state index contributed by atoms with van der Waals surface area (Å²) in [5, 5.41) is 11.5. The highest BCUT2D eigenvalue weighted by Gasteiger charge is 2.11. The van der Waals surface area contributed by atoms with Crippen LogP contribution in [0.25, 0.3) is 0 Å². The molecule has 0 saturated heterocycles. The quantitative estimate of drug-likeness (QED) is 0.940. The van der Waals surface area contributed by atoms with Crippen molar-refractivity contribution in [1.82, 2.24) is 4.98 Å². The number of benzene rings is 1. The van der Waals surface area contributed by atoms with Crippen molar-refractivity contribution in [3.8, 4) is 6.07 Å². The lowest BCUT2D eigenvalue weighted by Gasteiger charge is -2.12. The van der Waals surface area contributed by atoms with Crippen LogP contribution in [0.2, 0.25) is 0 Å². The number of anilines is 2. The highest BCUT2D eigenvalue weighted by molar-refractivity contribution is 5.48. The highest BCUT2D eigenvalue weighted by Crippen LogP contribution is 2.18. The van der Waals surface area contributed by atoms with Crippen molar-refractivity contribution in [2.24, 2.45) is 0 Å². The van der Waals surface area contributed by atoms with Gasteiger partial charge in [0, 0.05) is 26.2 Å². The number of nitrogens with zero attached hydrogens (tertiary/aromatic N) is 3. The van der Waals surface area contributed by atoms with E-state index >= 15 is 0 Å². The number of pyridine rings is 1. The first-order chi connectivity index (χ1) is 10.0. The second-order valence-corrected chi connectivity index (χ2v) is 4.68. The Labute approximate surface area is 121 Å². The fraction of sp³-hybridized carbons (Fsp3) is 0.200. The molecule has 0 saturated carbocycles. The third kappa shape index (κ3) is 3.45. The number of nitrogens with one attached hydrogen (secondary N) is 1. The number of nitriles is 1. The van der Waals surface area contributed by atoms with Gasteiger partial charge in [-0.3, -0.25) is 0 Å². The summed E-state index contributed by atoms with van der Waals surface area (Å²) in [5.41, 5.74) is 0.514. The molecule has 0 fully saturated rings. The summed E-state index contributed by atoms with van der Waals surface area (Å²) in [6.45, 7) is -0.0215. The molecular formula is C15H14F2N4. The van der Waals surface area contributed by atoms with Crippen molar-refractivity contribution in [2.75, 3.05) is 24.3 Å². The highest BCUT2D eigenvalue weighted by atomic mass is 19.1. The van der Waals surface area contributed by atoms with Crippen LogP contribution in [0, 0.1) is 23.0 Å². The normalized spacial score (nSPS) is 10.0. The SMILES string of the molecule is CN(C)c1ccc(NCc2c(F)cc(C#N)cc2F)cn1. The smallest absolute Gasteiger partial charge is 0.132 e. The van der Waals surface area contributed by atoms with E-state index in [1.54, 1.807) is 24.4 Å². The molecule has 0 unspecified atom stereocenters. The lowest BCUT2D eigenvalue weighted by Crippen LogP contribution is -2.11. The maximum Gasteiger partial charge on any atom is 0.132 e. The van der Waals surface area contributed by atoms with Crippen LogP contribution >= 0.6 is 0 Å². The Morgan fingerprint density at radius 1 is 1.24 bits per heavy atom. The van der Waals surface area contributed by atoms with Gasteiger partial charge in [0.2, 0.25) is 0 Å². The molecule has 21 heavy (non-hydrogen) atoms. The third-order valence-electron chi connectivity index (χ3n) is 2.95. The molecule has 6 heteroatoms. The molecule has 0 radical (unpaired) electrons. The molecule has 2 rings (SSSR count). The zero-order valence-corrected chi connectivity index (χ0v) is 11.7. The summed E-state index contributed by atoms with van der Waals surface area (Å²) < 4.78 is 27.4. The molecular weight excluding hydrogens is 274 g/mol. The van der Waals surface area contributed by atoms with Crippen LogP contribution < -0.4 is 10.2 Å². The molecule has 4 nitrogen and oxygen atoms in total. The van der Waals surface area contributed by atoms with Gasteiger partial charge >= 0.3 is 0 Å². The Bertz CT molecular complexity index is 652. The maximum atomic E-state index is 13.7. The van der Waals surface area contributed by atoms with Crippen LogP contribution in [0.3, 0.4) is 0 Å². The van der Waals surface area contributed by atoms with Gasteiger partial charge in [-0.15, -0.1) is 0 Å². The Hall–Kier alpha value is -2.68. The standard InChI is InChI=1S/C15H14F2N4/c1-21(2)15-4-3-11(8-20-15)19-9-12-13(16)5-10(7-18)6-14(12)17/h3-6,8,19H,9H2,1-2H3. The Kier molecular flexibility index (Phi) is 4.33. The van der Waals surface area contributed by atoms with E-state index in [0.29, 0.717) is 5.69 Å². The maximum absolute atomic E-state index is 13.7. The van der Waals surface area contributed by atoms with Crippen molar-refractivity contribution in [1.29, 1.82) is 5.26 Å². The van der Waals surface area contributed by atoms with Crippen molar-refractivity contribution >= 4 is 11.5 Å². The van der Waals surface area contributed by atoms with Gasteiger partial charge in [-0.05, 0) is 24.3 Å². The average Bonchev–Trinajstić information content (AvgIpc) is 2.46. The summed E-state index contributed by atoms with van der Waals surface area (Å²) >= 11 is 0. The van der Waals surface area contributed by atoms with E-state index in [0.717, 1.165) is 18.0 Å². The van der Waals surface area contributed by atoms with Gasteiger partial charge in [-0.25, -0.2) is 13.8 Å². The minimum Gasteiger partial charge on any atom is -0.379 e. The first kappa shape index (κ1) is 14.7. The molecule has 0 aliphatic carbocycles. The number of aromatic nitrogens is 1. The van der Waals surface area contributed by atoms with Crippen LogP contribution in [0.1, 0.15) is 11.1 Å². The van der Waals surface area contributed by atoms with Crippen LogP contribution in [0.5, 0.6) is 0 Å². The van der Waals surface area contributed by atoms with Gasteiger partial charge in [0.25, 0.3) is 0 Å².